The second kappa shape index (κ2) is 9.11. The highest BCUT2D eigenvalue weighted by Crippen LogP contribution is 2.24. The van der Waals surface area contributed by atoms with Crippen molar-refractivity contribution in [3.8, 4) is 0 Å². The molecule has 1 N–H and O–H groups in total. The maximum Gasteiger partial charge on any atom is 0.263 e. The molecule has 5 nitrogen and oxygen atoms in total. The molecular formula is C23H19N3O2S2. The van der Waals surface area contributed by atoms with E-state index in [4.69, 9.17) is 0 Å². The quantitative estimate of drug-likeness (QED) is 0.248. The second-order valence-corrected chi connectivity index (χ2v) is 8.38. The van der Waals surface area contributed by atoms with Gasteiger partial charge in [0.05, 0.1) is 5.39 Å². The molecule has 0 aliphatic rings. The molecule has 0 fully saturated rings. The number of aromatic nitrogens is 2. The Kier molecular flexibility index (Phi) is 6.11. The van der Waals surface area contributed by atoms with Crippen molar-refractivity contribution in [2.45, 2.75) is 17.5 Å². The van der Waals surface area contributed by atoms with Crippen LogP contribution in [0.5, 0.6) is 0 Å². The number of benzene rings is 2. The van der Waals surface area contributed by atoms with Crippen molar-refractivity contribution >= 4 is 44.9 Å². The average molecular weight is 434 g/mol. The monoisotopic (exact) mass is 433 g/mol. The first kappa shape index (κ1) is 20.1. The third-order valence-electron chi connectivity index (χ3n) is 4.48. The zero-order valence-electron chi connectivity index (χ0n) is 16.1. The predicted molar refractivity (Wildman–Crippen MR) is 124 cm³/mol. The van der Waals surface area contributed by atoms with Gasteiger partial charge in [-0.15, -0.1) is 17.9 Å². The molecule has 0 unspecified atom stereocenters. The Hall–Kier alpha value is -3.16. The number of allylic oxidation sites excluding steroid dienone is 1. The zero-order chi connectivity index (χ0) is 20.9. The van der Waals surface area contributed by atoms with Crippen LogP contribution in [0.3, 0.4) is 0 Å². The minimum Gasteiger partial charge on any atom is -0.322 e. The van der Waals surface area contributed by atoms with Crippen LogP contribution in [0, 0.1) is 0 Å². The molecule has 0 bridgehead atoms. The van der Waals surface area contributed by atoms with Gasteiger partial charge in [-0.25, -0.2) is 4.98 Å². The summed E-state index contributed by atoms with van der Waals surface area (Å²) in [6.45, 7) is 4.16. The van der Waals surface area contributed by atoms with Gasteiger partial charge in [-0.05, 0) is 41.3 Å². The highest BCUT2D eigenvalue weighted by atomic mass is 32.2. The third kappa shape index (κ3) is 4.37. The molecule has 2 aromatic heterocycles. The Morgan fingerprint density at radius 3 is 2.63 bits per heavy atom. The number of fused-ring (bicyclic) bond motifs is 1. The zero-order valence-corrected chi connectivity index (χ0v) is 17.7. The van der Waals surface area contributed by atoms with Gasteiger partial charge < -0.3 is 5.32 Å². The molecule has 30 heavy (non-hydrogen) atoms. The molecule has 4 rings (SSSR count). The van der Waals surface area contributed by atoms with Crippen molar-refractivity contribution in [3.63, 3.8) is 0 Å². The van der Waals surface area contributed by atoms with Gasteiger partial charge in [-0.3, -0.25) is 14.2 Å². The number of nitrogens with one attached hydrogen (secondary N) is 1. The molecule has 0 saturated carbocycles. The molecule has 1 amide bonds. The van der Waals surface area contributed by atoms with Gasteiger partial charge >= 0.3 is 0 Å². The number of anilines is 1. The van der Waals surface area contributed by atoms with E-state index in [0.29, 0.717) is 28.4 Å². The van der Waals surface area contributed by atoms with E-state index < -0.39 is 0 Å². The van der Waals surface area contributed by atoms with Crippen molar-refractivity contribution in [3.05, 3.63) is 100 Å². The van der Waals surface area contributed by atoms with Crippen molar-refractivity contribution in [2.75, 3.05) is 5.32 Å². The first-order chi connectivity index (χ1) is 14.7. The molecule has 0 aliphatic carbocycles. The lowest BCUT2D eigenvalue weighted by atomic mass is 10.1. The van der Waals surface area contributed by atoms with Gasteiger partial charge in [0.1, 0.15) is 4.83 Å². The fourth-order valence-corrected chi connectivity index (χ4v) is 4.73. The second-order valence-electron chi connectivity index (χ2n) is 6.54. The average Bonchev–Trinajstić information content (AvgIpc) is 3.24. The first-order valence-corrected chi connectivity index (χ1v) is 11.2. The van der Waals surface area contributed by atoms with Gasteiger partial charge in [0.15, 0.2) is 5.16 Å². The van der Waals surface area contributed by atoms with Crippen LogP contribution in [-0.2, 0) is 12.3 Å². The maximum atomic E-state index is 12.7. The van der Waals surface area contributed by atoms with Gasteiger partial charge in [-0.1, -0.05) is 48.2 Å². The molecule has 0 atom stereocenters. The Labute approximate surface area is 182 Å². The number of para-hydroxylation sites is 1. The summed E-state index contributed by atoms with van der Waals surface area (Å²) in [7, 11) is 0. The first-order valence-electron chi connectivity index (χ1n) is 9.33. The molecule has 150 valence electrons. The fraction of sp³-hybridized carbons (Fsp3) is 0.0870. The summed E-state index contributed by atoms with van der Waals surface area (Å²) in [6.07, 6.45) is 1.70. The lowest BCUT2D eigenvalue weighted by Gasteiger charge is -2.10. The number of thiophene rings is 1. The summed E-state index contributed by atoms with van der Waals surface area (Å²) in [5.74, 6) is 0.492. The number of carbonyl (C=O) groups excluding carboxylic acids is 1. The number of hydrogen-bond acceptors (Lipinski definition) is 5. The van der Waals surface area contributed by atoms with E-state index in [2.05, 4.69) is 16.9 Å². The summed E-state index contributed by atoms with van der Waals surface area (Å²) in [4.78, 5) is 30.5. The van der Waals surface area contributed by atoms with Crippen LogP contribution in [0.2, 0.25) is 0 Å². The number of amides is 1. The summed E-state index contributed by atoms with van der Waals surface area (Å²) < 4.78 is 1.65. The Balaban J connectivity index is 1.48. The van der Waals surface area contributed by atoms with Crippen molar-refractivity contribution in [2.24, 2.45) is 0 Å². The van der Waals surface area contributed by atoms with Crippen molar-refractivity contribution in [1.29, 1.82) is 0 Å². The largest absolute Gasteiger partial charge is 0.322 e. The normalized spacial score (nSPS) is 10.8. The summed E-state index contributed by atoms with van der Waals surface area (Å²) in [5, 5.41) is 6.06. The van der Waals surface area contributed by atoms with Crippen molar-refractivity contribution < 1.29 is 4.79 Å². The molecule has 0 saturated heterocycles. The molecule has 7 heteroatoms. The Bertz CT molecular complexity index is 1250. The summed E-state index contributed by atoms with van der Waals surface area (Å²) in [6, 6.07) is 18.6. The maximum absolute atomic E-state index is 12.7. The van der Waals surface area contributed by atoms with Crippen LogP contribution in [0.25, 0.3) is 10.2 Å². The third-order valence-corrected chi connectivity index (χ3v) is 6.33. The molecule has 0 spiro atoms. The van der Waals surface area contributed by atoms with Crippen LogP contribution < -0.4 is 10.9 Å². The highest BCUT2D eigenvalue weighted by molar-refractivity contribution is 7.98. The number of nitrogens with zero attached hydrogens (tertiary/aromatic N) is 2. The van der Waals surface area contributed by atoms with Crippen LogP contribution in [0.4, 0.5) is 5.69 Å². The lowest BCUT2D eigenvalue weighted by Crippen LogP contribution is -2.22. The summed E-state index contributed by atoms with van der Waals surface area (Å²) in [5.41, 5.74) is 2.35. The Morgan fingerprint density at radius 2 is 1.90 bits per heavy atom. The smallest absolute Gasteiger partial charge is 0.263 e. The van der Waals surface area contributed by atoms with E-state index >= 15 is 0 Å². The van der Waals surface area contributed by atoms with Gasteiger partial charge in [0.2, 0.25) is 0 Å². The lowest BCUT2D eigenvalue weighted by molar-refractivity contribution is 0.102. The van der Waals surface area contributed by atoms with E-state index in [1.165, 1.54) is 23.1 Å². The van der Waals surface area contributed by atoms with Crippen LogP contribution in [0.15, 0.2) is 88.6 Å². The minimum absolute atomic E-state index is 0.0448. The predicted octanol–water partition coefficient (Wildman–Crippen LogP) is 5.19. The van der Waals surface area contributed by atoms with Gasteiger partial charge in [0.25, 0.3) is 11.5 Å². The number of carbonyl (C=O) groups is 1. The molecule has 0 radical (unpaired) electrons. The van der Waals surface area contributed by atoms with Crippen molar-refractivity contribution in [1.82, 2.24) is 9.55 Å². The molecule has 2 aromatic carbocycles. The van der Waals surface area contributed by atoms with Crippen LogP contribution in [0.1, 0.15) is 15.9 Å². The van der Waals surface area contributed by atoms with E-state index in [0.717, 1.165) is 16.1 Å². The standard InChI is InChI=1S/C23H19N3O2S2/c1-2-13-26-22(28)19-12-14-29-21(19)25-23(26)30-15-16-8-10-17(11-9-16)20(27)24-18-6-4-3-5-7-18/h2-12,14H,1,13,15H2,(H,24,27). The van der Waals surface area contributed by atoms with Crippen LogP contribution in [-0.4, -0.2) is 15.5 Å². The number of thioether (sulfide) groups is 1. The number of hydrogen-bond donors (Lipinski definition) is 1. The highest BCUT2D eigenvalue weighted by Gasteiger charge is 2.12. The van der Waals surface area contributed by atoms with E-state index in [1.807, 2.05) is 53.9 Å². The topological polar surface area (TPSA) is 64.0 Å². The van der Waals surface area contributed by atoms with Crippen LogP contribution >= 0.6 is 23.1 Å². The van der Waals surface area contributed by atoms with E-state index in [9.17, 15) is 9.59 Å². The van der Waals surface area contributed by atoms with Gasteiger partial charge in [-0.2, -0.15) is 0 Å². The minimum atomic E-state index is -0.148. The molecule has 2 heterocycles. The Morgan fingerprint density at radius 1 is 1.13 bits per heavy atom. The number of rotatable bonds is 7. The van der Waals surface area contributed by atoms with E-state index in [-0.39, 0.29) is 11.5 Å². The SMILES string of the molecule is C=CCn1c(SCc2ccc(C(=O)Nc3ccccc3)cc2)nc2sccc2c1=O. The fourth-order valence-electron chi connectivity index (χ4n) is 2.96. The molecule has 4 aromatic rings. The molecule has 0 aliphatic heterocycles. The van der Waals surface area contributed by atoms with Gasteiger partial charge in [0, 0.05) is 23.5 Å². The summed E-state index contributed by atoms with van der Waals surface area (Å²) >= 11 is 2.96. The molecular weight excluding hydrogens is 414 g/mol. The van der Waals surface area contributed by atoms with E-state index in [1.54, 1.807) is 22.8 Å².